The molecule has 3 N–H and O–H groups in total. The lowest BCUT2D eigenvalue weighted by molar-refractivity contribution is -0.144. The number of carbonyl (C=O) groups is 1. The first-order valence-electron chi connectivity index (χ1n) is 11.9. The highest BCUT2D eigenvalue weighted by atomic mass is 16.5. The Morgan fingerprint density at radius 1 is 1.22 bits per heavy atom. The fourth-order valence-corrected chi connectivity index (χ4v) is 4.74. The van der Waals surface area contributed by atoms with Gasteiger partial charge in [-0.05, 0) is 56.2 Å². The van der Waals surface area contributed by atoms with E-state index in [1.165, 1.54) is 0 Å². The number of nitrogens with one attached hydrogen (secondary N) is 1. The monoisotopic (exact) mass is 442 g/mol. The minimum absolute atomic E-state index is 0.0439. The van der Waals surface area contributed by atoms with Crippen molar-refractivity contribution in [2.75, 3.05) is 32.9 Å². The molecule has 176 valence electrons. The predicted molar refractivity (Wildman–Crippen MR) is 127 cm³/mol. The van der Waals surface area contributed by atoms with Crippen LogP contribution in [-0.4, -0.2) is 54.0 Å². The number of nitrogens with zero attached hydrogens (tertiary/aromatic N) is 1. The number of phenols is 2. The van der Waals surface area contributed by atoms with E-state index < -0.39 is 0 Å². The Morgan fingerprint density at radius 2 is 1.91 bits per heavy atom. The molecule has 0 bridgehead atoms. The van der Waals surface area contributed by atoms with Gasteiger partial charge in [-0.1, -0.05) is 38.0 Å². The molecule has 0 amide bonds. The summed E-state index contributed by atoms with van der Waals surface area (Å²) < 4.78 is 5.58. The third-order valence-corrected chi connectivity index (χ3v) is 6.62. The smallest absolute Gasteiger partial charge is 0.335 e. The van der Waals surface area contributed by atoms with Gasteiger partial charge in [0.2, 0.25) is 0 Å². The fourth-order valence-electron chi connectivity index (χ4n) is 4.74. The lowest BCUT2D eigenvalue weighted by Crippen LogP contribution is -2.44. The summed E-state index contributed by atoms with van der Waals surface area (Å²) in [7, 11) is 0. The molecule has 1 aromatic rings. The number of benzene rings is 1. The third-order valence-electron chi connectivity index (χ3n) is 6.62. The zero-order valence-electron chi connectivity index (χ0n) is 19.5. The number of aryl methyl sites for hydroxylation is 1. The van der Waals surface area contributed by atoms with E-state index in [0.717, 1.165) is 69.4 Å². The van der Waals surface area contributed by atoms with Gasteiger partial charge in [-0.2, -0.15) is 0 Å². The summed E-state index contributed by atoms with van der Waals surface area (Å²) in [5.41, 5.74) is 2.99. The Morgan fingerprint density at radius 3 is 2.53 bits per heavy atom. The Balaban J connectivity index is 1.79. The summed E-state index contributed by atoms with van der Waals surface area (Å²) in [5.74, 6) is -0.419. The number of hydrogen-bond acceptors (Lipinski definition) is 6. The van der Waals surface area contributed by atoms with Crippen molar-refractivity contribution < 1.29 is 19.7 Å². The van der Waals surface area contributed by atoms with Crippen LogP contribution in [0.5, 0.6) is 11.5 Å². The quantitative estimate of drug-likeness (QED) is 0.302. The molecule has 1 heterocycles. The number of esters is 1. The molecule has 1 saturated heterocycles. The summed E-state index contributed by atoms with van der Waals surface area (Å²) >= 11 is 0. The summed E-state index contributed by atoms with van der Waals surface area (Å²) in [6, 6.07) is 3.51. The molecule has 2 aliphatic rings. The van der Waals surface area contributed by atoms with Gasteiger partial charge < -0.3 is 20.3 Å². The summed E-state index contributed by atoms with van der Waals surface area (Å²) in [4.78, 5) is 14.9. The molecule has 1 aromatic carbocycles. The van der Waals surface area contributed by atoms with Gasteiger partial charge in [0, 0.05) is 43.2 Å². The number of allylic oxidation sites excluding steroid dienone is 2. The van der Waals surface area contributed by atoms with Crippen LogP contribution in [0.15, 0.2) is 35.9 Å². The van der Waals surface area contributed by atoms with Crippen molar-refractivity contribution in [3.63, 3.8) is 0 Å². The van der Waals surface area contributed by atoms with Gasteiger partial charge in [0.05, 0.1) is 0 Å². The van der Waals surface area contributed by atoms with Crippen LogP contribution < -0.4 is 5.32 Å². The van der Waals surface area contributed by atoms with Crippen LogP contribution in [0, 0.1) is 5.92 Å². The maximum absolute atomic E-state index is 12.8. The zero-order chi connectivity index (χ0) is 23.1. The van der Waals surface area contributed by atoms with E-state index in [1.54, 1.807) is 12.1 Å². The molecule has 3 rings (SSSR count). The normalized spacial score (nSPS) is 21.8. The van der Waals surface area contributed by atoms with Crippen molar-refractivity contribution >= 4 is 5.97 Å². The molecule has 1 aliphatic carbocycles. The highest BCUT2D eigenvalue weighted by Gasteiger charge is 2.33. The number of carbonyl (C=O) groups excluding carboxylic acids is 1. The van der Waals surface area contributed by atoms with Crippen LogP contribution in [0.2, 0.25) is 0 Å². The lowest BCUT2D eigenvalue weighted by Gasteiger charge is -2.32. The van der Waals surface area contributed by atoms with E-state index >= 15 is 0 Å². The summed E-state index contributed by atoms with van der Waals surface area (Å²) in [5, 5.41) is 24.9. The Labute approximate surface area is 192 Å². The van der Waals surface area contributed by atoms with Crippen molar-refractivity contribution in [3.8, 4) is 11.5 Å². The van der Waals surface area contributed by atoms with Crippen molar-refractivity contribution in [1.29, 1.82) is 0 Å². The van der Waals surface area contributed by atoms with Gasteiger partial charge in [0.15, 0.2) is 0 Å². The number of aromatic hydroxyl groups is 2. The highest BCUT2D eigenvalue weighted by molar-refractivity contribution is 5.89. The second-order valence-corrected chi connectivity index (χ2v) is 9.14. The van der Waals surface area contributed by atoms with E-state index in [-0.39, 0.29) is 36.0 Å². The molecular weight excluding hydrogens is 404 g/mol. The van der Waals surface area contributed by atoms with Crippen LogP contribution in [0.1, 0.15) is 63.0 Å². The molecule has 0 saturated carbocycles. The zero-order valence-corrected chi connectivity index (χ0v) is 19.5. The Hall–Kier alpha value is -2.31. The molecule has 32 heavy (non-hydrogen) atoms. The molecule has 1 aliphatic heterocycles. The van der Waals surface area contributed by atoms with Gasteiger partial charge in [0.1, 0.15) is 18.2 Å². The Bertz CT molecular complexity index is 819. The second kappa shape index (κ2) is 11.5. The first-order valence-corrected chi connectivity index (χ1v) is 11.9. The van der Waals surface area contributed by atoms with E-state index in [1.807, 2.05) is 13.0 Å². The maximum Gasteiger partial charge on any atom is 0.335 e. The fraction of sp³-hybridized carbons (Fsp3) is 0.577. The molecule has 0 aromatic heterocycles. The summed E-state index contributed by atoms with van der Waals surface area (Å²) in [6.07, 6.45) is 7.28. The van der Waals surface area contributed by atoms with Crippen LogP contribution in [0.4, 0.5) is 0 Å². The van der Waals surface area contributed by atoms with Crippen molar-refractivity contribution in [2.24, 2.45) is 5.92 Å². The van der Waals surface area contributed by atoms with E-state index in [2.05, 4.69) is 23.7 Å². The first-order chi connectivity index (χ1) is 15.4. The highest BCUT2D eigenvalue weighted by Crippen LogP contribution is 2.46. The number of phenolic OH excluding ortho intramolecular Hbond substituents is 2. The minimum Gasteiger partial charge on any atom is -0.507 e. The number of unbranched alkanes of at least 4 members (excludes halogenated alkanes) is 2. The Kier molecular flexibility index (Phi) is 8.76. The minimum atomic E-state index is -0.316. The van der Waals surface area contributed by atoms with Crippen LogP contribution in [0.3, 0.4) is 0 Å². The van der Waals surface area contributed by atoms with E-state index in [4.69, 9.17) is 4.74 Å². The molecular formula is C26H38N2O4. The van der Waals surface area contributed by atoms with Crippen molar-refractivity contribution in [1.82, 2.24) is 10.2 Å². The first kappa shape index (κ1) is 24.3. The molecule has 6 nitrogen and oxygen atoms in total. The second-order valence-electron chi connectivity index (χ2n) is 9.14. The molecule has 0 unspecified atom stereocenters. The number of ether oxygens (including phenoxy) is 1. The number of hydrogen-bond donors (Lipinski definition) is 3. The van der Waals surface area contributed by atoms with E-state index in [0.29, 0.717) is 17.6 Å². The van der Waals surface area contributed by atoms with Gasteiger partial charge in [-0.15, -0.1) is 0 Å². The summed E-state index contributed by atoms with van der Waals surface area (Å²) in [6.45, 7) is 12.0. The molecule has 0 radical (unpaired) electrons. The van der Waals surface area contributed by atoms with Crippen LogP contribution in [0.25, 0.3) is 0 Å². The third kappa shape index (κ3) is 6.14. The van der Waals surface area contributed by atoms with Gasteiger partial charge in [-0.25, -0.2) is 4.79 Å². The van der Waals surface area contributed by atoms with Gasteiger partial charge in [0.25, 0.3) is 0 Å². The number of rotatable bonds is 9. The predicted octanol–water partition coefficient (Wildman–Crippen LogP) is 4.23. The standard InChI is InChI=1S/C26H38N2O4/c1-4-5-6-7-19-14-23(29)25(24(30)15-19)22-16-20(8-9-21(22)18(2)3)26(31)32-17-28-12-10-27-11-13-28/h14-16,21-22,27,29-30H,2,4-13,17H2,1,3H3/t21-,22+/m0/s1. The topological polar surface area (TPSA) is 82.0 Å². The number of piperazine rings is 1. The largest absolute Gasteiger partial charge is 0.507 e. The van der Waals surface area contributed by atoms with Crippen molar-refractivity contribution in [2.45, 2.75) is 58.3 Å². The molecule has 1 fully saturated rings. The van der Waals surface area contributed by atoms with Crippen LogP contribution >= 0.6 is 0 Å². The molecule has 2 atom stereocenters. The lowest BCUT2D eigenvalue weighted by atomic mass is 9.73. The van der Waals surface area contributed by atoms with Crippen molar-refractivity contribution in [3.05, 3.63) is 47.1 Å². The molecule has 6 heteroatoms. The SMILES string of the molecule is C=C(C)[C@@H]1CCC(C(=O)OCN2CCNCC2)=C[C@H]1c1c(O)cc(CCCCC)cc1O. The van der Waals surface area contributed by atoms with Gasteiger partial charge in [-0.3, -0.25) is 4.90 Å². The maximum atomic E-state index is 12.8. The van der Waals surface area contributed by atoms with E-state index in [9.17, 15) is 15.0 Å². The van der Waals surface area contributed by atoms with Gasteiger partial charge >= 0.3 is 5.97 Å². The average Bonchev–Trinajstić information content (AvgIpc) is 2.77. The molecule has 0 spiro atoms. The average molecular weight is 443 g/mol. The van der Waals surface area contributed by atoms with Crippen LogP contribution in [-0.2, 0) is 16.0 Å².